The summed E-state index contributed by atoms with van der Waals surface area (Å²) in [5.74, 6) is 0.0789. The van der Waals surface area contributed by atoms with Crippen molar-refractivity contribution in [3.63, 3.8) is 0 Å². The van der Waals surface area contributed by atoms with Crippen LogP contribution in [0.25, 0.3) is 10.6 Å². The predicted molar refractivity (Wildman–Crippen MR) is 102 cm³/mol. The number of hydrogen-bond donors (Lipinski definition) is 1. The lowest BCUT2D eigenvalue weighted by atomic mass is 10.1. The number of halogens is 5. The van der Waals surface area contributed by atoms with E-state index < -0.39 is 18.2 Å². The summed E-state index contributed by atoms with van der Waals surface area (Å²) >= 11 is 2.53. The Hall–Kier alpha value is -1.46. The Morgan fingerprint density at radius 3 is 2.50 bits per heavy atom. The summed E-state index contributed by atoms with van der Waals surface area (Å²) in [6, 6.07) is 1.14. The average molecular weight is 438 g/mol. The molecule has 0 bridgehead atoms. The summed E-state index contributed by atoms with van der Waals surface area (Å²) in [7, 11) is 0. The molecule has 1 fully saturated rings. The Bertz CT molecular complexity index is 816. The number of aromatic nitrogens is 2. The molecule has 1 N–H and O–H groups in total. The Kier molecular flexibility index (Phi) is 6.45. The van der Waals surface area contributed by atoms with Crippen LogP contribution in [-0.4, -0.2) is 39.7 Å². The summed E-state index contributed by atoms with van der Waals surface area (Å²) < 4.78 is 68.6. The van der Waals surface area contributed by atoms with Crippen molar-refractivity contribution in [2.24, 2.45) is 0 Å². The Balaban J connectivity index is 1.91. The maximum Gasteiger partial charge on any atom is 0.420 e. The number of thiophene rings is 1. The van der Waals surface area contributed by atoms with Gasteiger partial charge in [0.2, 0.25) is 5.95 Å². The van der Waals surface area contributed by atoms with Gasteiger partial charge in [-0.15, -0.1) is 11.3 Å². The first-order valence-electron chi connectivity index (χ1n) is 8.57. The van der Waals surface area contributed by atoms with Crippen LogP contribution in [-0.2, 0) is 6.18 Å². The summed E-state index contributed by atoms with van der Waals surface area (Å²) in [6.45, 7) is 3.17. The molecule has 1 aliphatic rings. The molecular weight excluding hydrogens is 419 g/mol. The van der Waals surface area contributed by atoms with Crippen LogP contribution < -0.4 is 5.32 Å². The van der Waals surface area contributed by atoms with E-state index in [2.05, 4.69) is 19.6 Å². The lowest BCUT2D eigenvalue weighted by molar-refractivity contribution is -0.137. The number of nitrogens with zero attached hydrogens (tertiary/aromatic N) is 3. The van der Waals surface area contributed by atoms with Gasteiger partial charge in [-0.05, 0) is 32.1 Å². The number of alkyl halides is 5. The van der Waals surface area contributed by atoms with Crippen LogP contribution in [0.4, 0.5) is 27.9 Å². The quantitative estimate of drug-likeness (QED) is 0.484. The third kappa shape index (κ3) is 4.74. The molecule has 3 rings (SSSR count). The van der Waals surface area contributed by atoms with Gasteiger partial charge in [-0.3, -0.25) is 4.31 Å². The van der Waals surface area contributed by atoms with Crippen LogP contribution in [0.3, 0.4) is 0 Å². The Morgan fingerprint density at radius 2 is 1.96 bits per heavy atom. The second-order valence-corrected chi connectivity index (χ2v) is 8.54. The van der Waals surface area contributed by atoms with Gasteiger partial charge in [-0.25, -0.2) is 18.7 Å². The van der Waals surface area contributed by atoms with E-state index in [1.807, 2.05) is 6.26 Å². The SMILES string of the molecule is CSN1CCC(Nc2ncc(C(F)(F)F)c(-c3cc(C(F)F)c(C)s3)n2)CC1. The second kappa shape index (κ2) is 8.50. The number of rotatable bonds is 5. The molecule has 11 heteroatoms. The lowest BCUT2D eigenvalue weighted by Crippen LogP contribution is -2.35. The maximum absolute atomic E-state index is 13.4. The summed E-state index contributed by atoms with van der Waals surface area (Å²) in [6.07, 6.45) is -3.09. The normalized spacial score (nSPS) is 16.7. The molecule has 0 aromatic carbocycles. The van der Waals surface area contributed by atoms with Crippen molar-refractivity contribution in [1.82, 2.24) is 14.3 Å². The van der Waals surface area contributed by atoms with Crippen LogP contribution in [0, 0.1) is 6.92 Å². The monoisotopic (exact) mass is 438 g/mol. The fourth-order valence-electron chi connectivity index (χ4n) is 3.04. The average Bonchev–Trinajstić information content (AvgIpc) is 3.03. The van der Waals surface area contributed by atoms with Gasteiger partial charge in [0.25, 0.3) is 6.43 Å². The molecule has 0 amide bonds. The van der Waals surface area contributed by atoms with E-state index in [0.717, 1.165) is 49.5 Å². The molecule has 1 saturated heterocycles. The molecular formula is C17H19F5N4S2. The van der Waals surface area contributed by atoms with E-state index >= 15 is 0 Å². The third-order valence-electron chi connectivity index (χ3n) is 4.56. The fraction of sp³-hybridized carbons (Fsp3) is 0.529. The van der Waals surface area contributed by atoms with Crippen molar-refractivity contribution in [2.45, 2.75) is 38.4 Å². The van der Waals surface area contributed by atoms with Crippen molar-refractivity contribution in [3.05, 3.63) is 28.3 Å². The van der Waals surface area contributed by atoms with E-state index in [0.29, 0.717) is 0 Å². The van der Waals surface area contributed by atoms with Gasteiger partial charge < -0.3 is 5.32 Å². The number of anilines is 1. The molecule has 0 saturated carbocycles. The van der Waals surface area contributed by atoms with Crippen molar-refractivity contribution in [2.75, 3.05) is 24.7 Å². The standard InChI is InChI=1S/C17H19F5N4S2/c1-9-11(15(18)19)7-13(28-9)14-12(17(20,21)22)8-23-16(25-14)24-10-3-5-26(27-2)6-4-10/h7-8,10,15H,3-6H2,1-2H3,(H,23,24,25). The fourth-order valence-corrected chi connectivity index (χ4v) is 4.65. The van der Waals surface area contributed by atoms with E-state index in [-0.39, 0.29) is 33.0 Å². The molecule has 3 heterocycles. The van der Waals surface area contributed by atoms with E-state index in [1.165, 1.54) is 6.92 Å². The smallest absolute Gasteiger partial charge is 0.351 e. The maximum atomic E-state index is 13.4. The first-order valence-corrected chi connectivity index (χ1v) is 10.6. The van der Waals surface area contributed by atoms with E-state index in [4.69, 9.17) is 0 Å². The van der Waals surface area contributed by atoms with Gasteiger partial charge in [0.15, 0.2) is 0 Å². The molecule has 2 aromatic heterocycles. The number of aryl methyl sites for hydroxylation is 1. The Morgan fingerprint density at radius 1 is 1.29 bits per heavy atom. The molecule has 0 aliphatic carbocycles. The third-order valence-corrected chi connectivity index (χ3v) is 6.52. The minimum atomic E-state index is -4.68. The van der Waals surface area contributed by atoms with Crippen molar-refractivity contribution in [1.29, 1.82) is 0 Å². The van der Waals surface area contributed by atoms with Crippen LogP contribution in [0.15, 0.2) is 12.3 Å². The molecule has 28 heavy (non-hydrogen) atoms. The van der Waals surface area contributed by atoms with Crippen LogP contribution >= 0.6 is 23.3 Å². The zero-order valence-electron chi connectivity index (χ0n) is 15.2. The van der Waals surface area contributed by atoms with Gasteiger partial charge in [0.05, 0.1) is 10.6 Å². The molecule has 0 unspecified atom stereocenters. The predicted octanol–water partition coefficient (Wildman–Crippen LogP) is 5.62. The largest absolute Gasteiger partial charge is 0.420 e. The summed E-state index contributed by atoms with van der Waals surface area (Å²) in [5.41, 5.74) is -1.67. The highest BCUT2D eigenvalue weighted by molar-refractivity contribution is 7.96. The van der Waals surface area contributed by atoms with Gasteiger partial charge in [0.1, 0.15) is 5.56 Å². The number of hydrogen-bond acceptors (Lipinski definition) is 6. The minimum absolute atomic E-state index is 0.0506. The molecule has 4 nitrogen and oxygen atoms in total. The van der Waals surface area contributed by atoms with Gasteiger partial charge in [0, 0.05) is 35.8 Å². The number of nitrogens with one attached hydrogen (secondary N) is 1. The van der Waals surface area contributed by atoms with Gasteiger partial charge >= 0.3 is 6.18 Å². The zero-order chi connectivity index (χ0) is 20.5. The highest BCUT2D eigenvalue weighted by Crippen LogP contribution is 2.41. The van der Waals surface area contributed by atoms with Gasteiger partial charge in [-0.1, -0.05) is 11.9 Å². The number of piperidine rings is 1. The molecule has 2 aromatic rings. The molecule has 0 spiro atoms. The molecule has 0 radical (unpaired) electrons. The summed E-state index contributed by atoms with van der Waals surface area (Å²) in [4.78, 5) is 8.22. The van der Waals surface area contributed by atoms with Crippen LogP contribution in [0.1, 0.15) is 35.3 Å². The first kappa shape index (κ1) is 21.3. The topological polar surface area (TPSA) is 41.0 Å². The van der Waals surface area contributed by atoms with E-state index in [1.54, 1.807) is 11.9 Å². The second-order valence-electron chi connectivity index (χ2n) is 6.41. The van der Waals surface area contributed by atoms with E-state index in [9.17, 15) is 22.0 Å². The summed E-state index contributed by atoms with van der Waals surface area (Å²) in [5, 5.41) is 3.09. The minimum Gasteiger partial charge on any atom is -0.351 e. The molecule has 154 valence electrons. The zero-order valence-corrected chi connectivity index (χ0v) is 16.8. The van der Waals surface area contributed by atoms with Gasteiger partial charge in [-0.2, -0.15) is 13.2 Å². The first-order chi connectivity index (χ1) is 13.2. The molecule has 1 aliphatic heterocycles. The molecule has 0 atom stereocenters. The van der Waals surface area contributed by atoms with Crippen LogP contribution in [0.2, 0.25) is 0 Å². The van der Waals surface area contributed by atoms with Crippen molar-refractivity contribution >= 4 is 29.2 Å². The lowest BCUT2D eigenvalue weighted by Gasteiger charge is -2.30. The highest BCUT2D eigenvalue weighted by atomic mass is 32.2. The highest BCUT2D eigenvalue weighted by Gasteiger charge is 2.36. The van der Waals surface area contributed by atoms with Crippen LogP contribution in [0.5, 0.6) is 0 Å². The Labute approximate surface area is 167 Å². The van der Waals surface area contributed by atoms with Crippen molar-refractivity contribution < 1.29 is 22.0 Å². The van der Waals surface area contributed by atoms with Crippen molar-refractivity contribution in [3.8, 4) is 10.6 Å².